The van der Waals surface area contributed by atoms with E-state index in [0.29, 0.717) is 18.6 Å². The summed E-state index contributed by atoms with van der Waals surface area (Å²) in [4.78, 5) is 10.8. The van der Waals surface area contributed by atoms with Crippen LogP contribution in [0.3, 0.4) is 0 Å². The molecule has 86 valence electrons. The van der Waals surface area contributed by atoms with Gasteiger partial charge in [0.25, 0.3) is 0 Å². The number of carbonyl (C=O) groups is 1. The van der Waals surface area contributed by atoms with Crippen LogP contribution in [0.15, 0.2) is 29.8 Å². The lowest BCUT2D eigenvalue weighted by atomic mass is 10.1. The summed E-state index contributed by atoms with van der Waals surface area (Å²) in [6.07, 6.45) is 2.20. The summed E-state index contributed by atoms with van der Waals surface area (Å²) in [7, 11) is 0. The van der Waals surface area contributed by atoms with Gasteiger partial charge in [0.15, 0.2) is 0 Å². The number of carboxylic acid groups (broad SMARTS) is 1. The Morgan fingerprint density at radius 3 is 2.38 bits per heavy atom. The molecule has 0 aliphatic rings. The average molecular weight is 220 g/mol. The first kappa shape index (κ1) is 12.3. The standard InChI is InChI=1S/C13H16O3/c1-3-11(13(14)15)9-10-5-7-12(8-6-10)16-4-2/h5-9H,3-4H2,1-2H3,(H,14,15). The molecule has 0 aliphatic carbocycles. The minimum Gasteiger partial charge on any atom is -0.494 e. The maximum Gasteiger partial charge on any atom is 0.331 e. The van der Waals surface area contributed by atoms with E-state index >= 15 is 0 Å². The van der Waals surface area contributed by atoms with Gasteiger partial charge in [-0.1, -0.05) is 19.1 Å². The summed E-state index contributed by atoms with van der Waals surface area (Å²) < 4.78 is 5.30. The zero-order chi connectivity index (χ0) is 12.0. The lowest BCUT2D eigenvalue weighted by Crippen LogP contribution is -1.98. The number of rotatable bonds is 5. The van der Waals surface area contributed by atoms with Crippen LogP contribution in [0.2, 0.25) is 0 Å². The second-order valence-electron chi connectivity index (χ2n) is 3.33. The molecule has 0 fully saturated rings. The fraction of sp³-hybridized carbons (Fsp3) is 0.308. The molecular weight excluding hydrogens is 204 g/mol. The van der Waals surface area contributed by atoms with Gasteiger partial charge in [-0.25, -0.2) is 4.79 Å². The summed E-state index contributed by atoms with van der Waals surface area (Å²) in [5.41, 5.74) is 1.28. The smallest absolute Gasteiger partial charge is 0.331 e. The monoisotopic (exact) mass is 220 g/mol. The van der Waals surface area contributed by atoms with Gasteiger partial charge in [-0.3, -0.25) is 0 Å². The summed E-state index contributed by atoms with van der Waals surface area (Å²) in [5.74, 6) is -0.0654. The van der Waals surface area contributed by atoms with Crippen LogP contribution in [0.25, 0.3) is 6.08 Å². The normalized spacial score (nSPS) is 11.2. The van der Waals surface area contributed by atoms with E-state index in [9.17, 15) is 4.79 Å². The topological polar surface area (TPSA) is 46.5 Å². The molecule has 0 amide bonds. The number of carboxylic acids is 1. The predicted molar refractivity (Wildman–Crippen MR) is 63.5 cm³/mol. The molecule has 1 rings (SSSR count). The Bertz CT molecular complexity index is 377. The van der Waals surface area contributed by atoms with Crippen molar-refractivity contribution in [1.29, 1.82) is 0 Å². The first-order chi connectivity index (χ1) is 7.67. The predicted octanol–water partition coefficient (Wildman–Crippen LogP) is 2.96. The Labute approximate surface area is 95.4 Å². The summed E-state index contributed by atoms with van der Waals surface area (Å²) >= 11 is 0. The van der Waals surface area contributed by atoms with Crippen molar-refractivity contribution in [2.75, 3.05) is 6.61 Å². The molecule has 0 radical (unpaired) electrons. The maximum absolute atomic E-state index is 10.8. The van der Waals surface area contributed by atoms with Gasteiger partial charge >= 0.3 is 5.97 Å². The van der Waals surface area contributed by atoms with Crippen molar-refractivity contribution in [3.05, 3.63) is 35.4 Å². The van der Waals surface area contributed by atoms with Crippen LogP contribution in [-0.4, -0.2) is 17.7 Å². The van der Waals surface area contributed by atoms with E-state index in [2.05, 4.69) is 0 Å². The van der Waals surface area contributed by atoms with Crippen LogP contribution in [0.5, 0.6) is 5.75 Å². The average Bonchev–Trinajstić information content (AvgIpc) is 2.28. The number of aliphatic carboxylic acids is 1. The van der Waals surface area contributed by atoms with Gasteiger partial charge in [-0.05, 0) is 37.1 Å². The van der Waals surface area contributed by atoms with E-state index < -0.39 is 5.97 Å². The molecule has 16 heavy (non-hydrogen) atoms. The third-order valence-electron chi connectivity index (χ3n) is 2.19. The summed E-state index contributed by atoms with van der Waals surface area (Å²) in [6, 6.07) is 7.38. The SMILES string of the molecule is CCOc1ccc(C=C(CC)C(=O)O)cc1. The maximum atomic E-state index is 10.8. The van der Waals surface area contributed by atoms with Crippen LogP contribution in [0, 0.1) is 0 Å². The molecule has 0 aliphatic heterocycles. The van der Waals surface area contributed by atoms with Crippen LogP contribution >= 0.6 is 0 Å². The number of ether oxygens (including phenoxy) is 1. The molecule has 0 heterocycles. The minimum atomic E-state index is -0.864. The molecule has 0 atom stereocenters. The molecule has 0 bridgehead atoms. The zero-order valence-electron chi connectivity index (χ0n) is 9.56. The van der Waals surface area contributed by atoms with Crippen LogP contribution in [0.4, 0.5) is 0 Å². The Balaban J connectivity index is 2.85. The van der Waals surface area contributed by atoms with Gasteiger partial charge in [-0.15, -0.1) is 0 Å². The summed E-state index contributed by atoms with van der Waals surface area (Å²) in [6.45, 7) is 4.38. The van der Waals surface area contributed by atoms with Crippen molar-refractivity contribution in [3.63, 3.8) is 0 Å². The van der Waals surface area contributed by atoms with E-state index in [1.165, 1.54) is 0 Å². The van der Waals surface area contributed by atoms with Gasteiger partial charge in [0, 0.05) is 5.57 Å². The molecule has 3 heteroatoms. The highest BCUT2D eigenvalue weighted by Gasteiger charge is 2.03. The van der Waals surface area contributed by atoms with E-state index in [-0.39, 0.29) is 0 Å². The molecule has 0 saturated carbocycles. The van der Waals surface area contributed by atoms with E-state index in [1.807, 2.05) is 38.1 Å². The van der Waals surface area contributed by atoms with Gasteiger partial charge in [0.1, 0.15) is 5.75 Å². The van der Waals surface area contributed by atoms with E-state index in [0.717, 1.165) is 11.3 Å². The van der Waals surface area contributed by atoms with Crippen molar-refractivity contribution in [2.24, 2.45) is 0 Å². The van der Waals surface area contributed by atoms with E-state index in [1.54, 1.807) is 6.08 Å². The molecule has 0 aromatic heterocycles. The molecule has 3 nitrogen and oxygen atoms in total. The molecule has 1 aromatic carbocycles. The first-order valence-electron chi connectivity index (χ1n) is 5.34. The van der Waals surface area contributed by atoms with E-state index in [4.69, 9.17) is 9.84 Å². The molecular formula is C13H16O3. The minimum absolute atomic E-state index is 0.407. The Morgan fingerprint density at radius 2 is 1.94 bits per heavy atom. The zero-order valence-corrected chi connectivity index (χ0v) is 9.56. The van der Waals surface area contributed by atoms with Crippen molar-refractivity contribution in [3.8, 4) is 5.75 Å². The summed E-state index contributed by atoms with van der Waals surface area (Å²) in [5, 5.41) is 8.88. The third kappa shape index (κ3) is 3.42. The van der Waals surface area contributed by atoms with Crippen molar-refractivity contribution < 1.29 is 14.6 Å². The first-order valence-corrected chi connectivity index (χ1v) is 5.34. The fourth-order valence-corrected chi connectivity index (χ4v) is 1.34. The highest BCUT2D eigenvalue weighted by molar-refractivity contribution is 5.92. The fourth-order valence-electron chi connectivity index (χ4n) is 1.34. The van der Waals surface area contributed by atoms with Crippen LogP contribution in [0.1, 0.15) is 25.8 Å². The lowest BCUT2D eigenvalue weighted by molar-refractivity contribution is -0.132. The molecule has 0 saturated heterocycles. The van der Waals surface area contributed by atoms with Crippen LogP contribution < -0.4 is 4.74 Å². The molecule has 0 spiro atoms. The van der Waals surface area contributed by atoms with Crippen molar-refractivity contribution in [1.82, 2.24) is 0 Å². The van der Waals surface area contributed by atoms with Crippen molar-refractivity contribution in [2.45, 2.75) is 20.3 Å². The third-order valence-corrected chi connectivity index (χ3v) is 2.19. The second-order valence-corrected chi connectivity index (χ2v) is 3.33. The Morgan fingerprint density at radius 1 is 1.31 bits per heavy atom. The number of benzene rings is 1. The lowest BCUT2D eigenvalue weighted by Gasteiger charge is -2.03. The highest BCUT2D eigenvalue weighted by Crippen LogP contribution is 2.15. The molecule has 1 aromatic rings. The van der Waals surface area contributed by atoms with Gasteiger partial charge in [0.05, 0.1) is 6.61 Å². The Kier molecular flexibility index (Phi) is 4.58. The Hall–Kier alpha value is -1.77. The molecule has 0 unspecified atom stereocenters. The largest absolute Gasteiger partial charge is 0.494 e. The molecule has 1 N–H and O–H groups in total. The van der Waals surface area contributed by atoms with Gasteiger partial charge in [0.2, 0.25) is 0 Å². The number of hydrogen-bond acceptors (Lipinski definition) is 2. The van der Waals surface area contributed by atoms with Gasteiger partial charge < -0.3 is 9.84 Å². The van der Waals surface area contributed by atoms with Crippen LogP contribution in [-0.2, 0) is 4.79 Å². The quantitative estimate of drug-likeness (QED) is 0.776. The highest BCUT2D eigenvalue weighted by atomic mass is 16.5. The van der Waals surface area contributed by atoms with Crippen molar-refractivity contribution >= 4 is 12.0 Å². The van der Waals surface area contributed by atoms with Gasteiger partial charge in [-0.2, -0.15) is 0 Å². The second kappa shape index (κ2) is 5.95. The number of hydrogen-bond donors (Lipinski definition) is 1.